The van der Waals surface area contributed by atoms with Crippen LogP contribution >= 0.6 is 0 Å². The van der Waals surface area contributed by atoms with E-state index in [1.807, 2.05) is 13.0 Å². The van der Waals surface area contributed by atoms with Gasteiger partial charge < -0.3 is 10.1 Å². The van der Waals surface area contributed by atoms with E-state index in [9.17, 15) is 14.9 Å². The molecule has 0 radical (unpaired) electrons. The molecular weight excluding hydrogens is 380 g/mol. The molecule has 30 heavy (non-hydrogen) atoms. The Morgan fingerprint density at radius 3 is 2.60 bits per heavy atom. The number of anilines is 1. The van der Waals surface area contributed by atoms with Crippen molar-refractivity contribution in [2.75, 3.05) is 12.4 Å². The first-order valence-electron chi connectivity index (χ1n) is 8.97. The summed E-state index contributed by atoms with van der Waals surface area (Å²) in [5, 5.41) is 12.4. The molecule has 0 atom stereocenters. The number of nitrogens with one attached hydrogen (secondary N) is 1. The molecule has 148 valence electrons. The van der Waals surface area contributed by atoms with Crippen molar-refractivity contribution in [2.24, 2.45) is 0 Å². The maximum Gasteiger partial charge on any atom is 0.339 e. The van der Waals surface area contributed by atoms with Gasteiger partial charge in [0, 0.05) is 23.6 Å². The fourth-order valence-corrected chi connectivity index (χ4v) is 2.99. The van der Waals surface area contributed by atoms with Gasteiger partial charge in [0.05, 0.1) is 23.9 Å². The summed E-state index contributed by atoms with van der Waals surface area (Å²) in [5.41, 5.74) is 4.19. The van der Waals surface area contributed by atoms with Crippen LogP contribution in [0.3, 0.4) is 0 Å². The second-order valence-electron chi connectivity index (χ2n) is 6.29. The van der Waals surface area contributed by atoms with E-state index in [0.717, 1.165) is 11.1 Å². The maximum absolute atomic E-state index is 12.6. The topological polar surface area (TPSA) is 105 Å². The SMILES string of the molecule is C=Cc1nccc(-c2cccc(NC(=O)c3ccc(C(=O)OC)cn3)c2C)c1C#N. The molecule has 1 N–H and O–H groups in total. The number of methoxy groups -OCH3 is 1. The number of hydrogen-bond donors (Lipinski definition) is 1. The molecule has 3 rings (SSSR count). The quantitative estimate of drug-likeness (QED) is 0.651. The van der Waals surface area contributed by atoms with Crippen LogP contribution in [-0.4, -0.2) is 29.0 Å². The van der Waals surface area contributed by atoms with Crippen molar-refractivity contribution in [1.29, 1.82) is 5.26 Å². The number of hydrogen-bond acceptors (Lipinski definition) is 6. The molecule has 2 heterocycles. The fourth-order valence-electron chi connectivity index (χ4n) is 2.99. The molecule has 0 aliphatic rings. The summed E-state index contributed by atoms with van der Waals surface area (Å²) >= 11 is 0. The highest BCUT2D eigenvalue weighted by atomic mass is 16.5. The zero-order valence-corrected chi connectivity index (χ0v) is 16.5. The number of benzene rings is 1. The summed E-state index contributed by atoms with van der Waals surface area (Å²) < 4.78 is 4.63. The van der Waals surface area contributed by atoms with Gasteiger partial charge in [-0.05, 0) is 48.4 Å². The second-order valence-corrected chi connectivity index (χ2v) is 6.29. The van der Waals surface area contributed by atoms with Crippen LogP contribution in [-0.2, 0) is 4.74 Å². The Balaban J connectivity index is 1.93. The third-order valence-electron chi connectivity index (χ3n) is 4.57. The molecule has 1 aromatic carbocycles. The number of esters is 1. The first kappa shape index (κ1) is 20.4. The number of amides is 1. The number of rotatable bonds is 5. The first-order chi connectivity index (χ1) is 14.5. The summed E-state index contributed by atoms with van der Waals surface area (Å²) in [6.07, 6.45) is 4.44. The fraction of sp³-hybridized carbons (Fsp3) is 0.0870. The van der Waals surface area contributed by atoms with Gasteiger partial charge in [-0.15, -0.1) is 0 Å². The molecule has 7 heteroatoms. The first-order valence-corrected chi connectivity index (χ1v) is 8.97. The Labute approximate surface area is 173 Å². The van der Waals surface area contributed by atoms with Crippen LogP contribution in [0.4, 0.5) is 5.69 Å². The van der Waals surface area contributed by atoms with E-state index in [-0.39, 0.29) is 11.3 Å². The Morgan fingerprint density at radius 2 is 1.97 bits per heavy atom. The van der Waals surface area contributed by atoms with Gasteiger partial charge in [0.15, 0.2) is 0 Å². The Morgan fingerprint density at radius 1 is 1.17 bits per heavy atom. The molecular formula is C23H18N4O3. The zero-order chi connectivity index (χ0) is 21.7. The number of ether oxygens (including phenoxy) is 1. The second kappa shape index (κ2) is 8.80. The summed E-state index contributed by atoms with van der Waals surface area (Å²) in [7, 11) is 1.28. The van der Waals surface area contributed by atoms with Gasteiger partial charge >= 0.3 is 5.97 Å². The van der Waals surface area contributed by atoms with Gasteiger partial charge in [-0.25, -0.2) is 4.79 Å². The molecule has 3 aromatic rings. The Kier molecular flexibility index (Phi) is 5.99. The van der Waals surface area contributed by atoms with E-state index in [2.05, 4.69) is 32.7 Å². The summed E-state index contributed by atoms with van der Waals surface area (Å²) in [6, 6.07) is 12.3. The Bertz CT molecular complexity index is 1180. The molecule has 0 aliphatic carbocycles. The van der Waals surface area contributed by atoms with Gasteiger partial charge in [0.2, 0.25) is 0 Å². The van der Waals surface area contributed by atoms with Gasteiger partial charge in [-0.2, -0.15) is 5.26 Å². The average molecular weight is 398 g/mol. The molecule has 1 amide bonds. The minimum absolute atomic E-state index is 0.156. The lowest BCUT2D eigenvalue weighted by molar-refractivity contribution is 0.0600. The summed E-state index contributed by atoms with van der Waals surface area (Å²) in [5.74, 6) is -0.948. The Hall–Kier alpha value is -4.31. The zero-order valence-electron chi connectivity index (χ0n) is 16.5. The molecule has 0 saturated heterocycles. The van der Waals surface area contributed by atoms with Crippen molar-refractivity contribution in [3.63, 3.8) is 0 Å². The van der Waals surface area contributed by atoms with Crippen LogP contribution in [0.2, 0.25) is 0 Å². The minimum Gasteiger partial charge on any atom is -0.465 e. The van der Waals surface area contributed by atoms with Crippen molar-refractivity contribution in [2.45, 2.75) is 6.92 Å². The van der Waals surface area contributed by atoms with Gasteiger partial charge in [0.25, 0.3) is 5.91 Å². The van der Waals surface area contributed by atoms with Crippen LogP contribution in [0.15, 0.2) is 55.4 Å². The van der Waals surface area contributed by atoms with Gasteiger partial charge in [-0.3, -0.25) is 14.8 Å². The number of carbonyl (C=O) groups is 2. The third kappa shape index (κ3) is 3.93. The van der Waals surface area contributed by atoms with Gasteiger partial charge in [0.1, 0.15) is 11.8 Å². The number of nitrogens with zero attached hydrogens (tertiary/aromatic N) is 3. The van der Waals surface area contributed by atoms with Crippen LogP contribution in [0.5, 0.6) is 0 Å². The minimum atomic E-state index is -0.525. The normalized spacial score (nSPS) is 10.0. The summed E-state index contributed by atoms with van der Waals surface area (Å²) in [4.78, 5) is 32.3. The van der Waals surface area contributed by atoms with Crippen LogP contribution in [0.25, 0.3) is 17.2 Å². The number of nitriles is 1. The predicted octanol–water partition coefficient (Wildman–Crippen LogP) is 4.01. The molecule has 0 saturated carbocycles. The molecule has 0 bridgehead atoms. The predicted molar refractivity (Wildman–Crippen MR) is 113 cm³/mol. The highest BCUT2D eigenvalue weighted by molar-refractivity contribution is 6.04. The highest BCUT2D eigenvalue weighted by Crippen LogP contribution is 2.32. The van der Waals surface area contributed by atoms with Crippen molar-refractivity contribution < 1.29 is 14.3 Å². The van der Waals surface area contributed by atoms with Crippen LogP contribution in [0, 0.1) is 18.3 Å². The third-order valence-corrected chi connectivity index (χ3v) is 4.57. The molecule has 2 aromatic heterocycles. The van der Waals surface area contributed by atoms with E-state index in [1.165, 1.54) is 31.5 Å². The molecule has 0 fully saturated rings. The highest BCUT2D eigenvalue weighted by Gasteiger charge is 2.16. The molecule has 0 unspecified atom stereocenters. The number of pyridine rings is 2. The molecule has 0 spiro atoms. The van der Waals surface area contributed by atoms with E-state index in [0.29, 0.717) is 22.5 Å². The van der Waals surface area contributed by atoms with Gasteiger partial charge in [-0.1, -0.05) is 18.7 Å². The number of aromatic nitrogens is 2. The van der Waals surface area contributed by atoms with E-state index in [1.54, 1.807) is 24.4 Å². The van der Waals surface area contributed by atoms with Crippen molar-refractivity contribution in [3.05, 3.63) is 83.4 Å². The van der Waals surface area contributed by atoms with E-state index < -0.39 is 11.9 Å². The lowest BCUT2D eigenvalue weighted by Gasteiger charge is -2.14. The summed E-state index contributed by atoms with van der Waals surface area (Å²) in [6.45, 7) is 5.56. The average Bonchev–Trinajstić information content (AvgIpc) is 2.79. The monoisotopic (exact) mass is 398 g/mol. The smallest absolute Gasteiger partial charge is 0.339 e. The van der Waals surface area contributed by atoms with E-state index >= 15 is 0 Å². The van der Waals surface area contributed by atoms with Crippen LogP contribution < -0.4 is 5.32 Å². The van der Waals surface area contributed by atoms with E-state index in [4.69, 9.17) is 0 Å². The standard InChI is InChI=1S/C23H18N4O3/c1-4-19-18(12-24)17(10-11-25-19)16-6-5-7-20(14(16)2)27-22(28)21-9-8-15(13-26-21)23(29)30-3/h4-11,13H,1H2,2-3H3,(H,27,28). The number of carbonyl (C=O) groups excluding carboxylic acids is 2. The largest absolute Gasteiger partial charge is 0.465 e. The lowest BCUT2D eigenvalue weighted by Crippen LogP contribution is -2.15. The maximum atomic E-state index is 12.6. The molecule has 0 aliphatic heterocycles. The van der Waals surface area contributed by atoms with Crippen molar-refractivity contribution in [3.8, 4) is 17.2 Å². The van der Waals surface area contributed by atoms with Crippen LogP contribution in [0.1, 0.15) is 37.7 Å². The van der Waals surface area contributed by atoms with Crippen molar-refractivity contribution in [1.82, 2.24) is 9.97 Å². The molecule has 7 nitrogen and oxygen atoms in total. The van der Waals surface area contributed by atoms with Crippen molar-refractivity contribution >= 4 is 23.6 Å². The lowest BCUT2D eigenvalue weighted by atomic mass is 9.95.